The van der Waals surface area contributed by atoms with Gasteiger partial charge in [-0.15, -0.1) is 0 Å². The van der Waals surface area contributed by atoms with Crippen LogP contribution in [0.25, 0.3) is 10.2 Å². The number of anilines is 1. The van der Waals surface area contributed by atoms with E-state index in [-0.39, 0.29) is 5.52 Å². The van der Waals surface area contributed by atoms with Gasteiger partial charge < -0.3 is 10.1 Å². The van der Waals surface area contributed by atoms with Crippen LogP contribution in [0.15, 0.2) is 12.1 Å². The summed E-state index contributed by atoms with van der Waals surface area (Å²) in [5.74, 6) is -1.16. The smallest absolute Gasteiger partial charge is 0.184 e. The lowest BCUT2D eigenvalue weighted by molar-refractivity contribution is 0.0421. The van der Waals surface area contributed by atoms with Crippen LogP contribution in [0.1, 0.15) is 19.3 Å². The summed E-state index contributed by atoms with van der Waals surface area (Å²) in [6.45, 7) is 3.73. The van der Waals surface area contributed by atoms with Crippen LogP contribution in [-0.4, -0.2) is 48.3 Å². The standard InChI is InChI=1S/C16H19F2N3OS/c17-10-7-13(18)15-14(8-10)23-16(20-15)19-11-1-4-21(9-11)12-2-5-22-6-3-12/h7-8,11-12H,1-6,9H2,(H,19,20). The van der Waals surface area contributed by atoms with Gasteiger partial charge in [-0.2, -0.15) is 0 Å². The Hall–Kier alpha value is -1.31. The molecule has 4 rings (SSSR count). The van der Waals surface area contributed by atoms with Gasteiger partial charge in [0.25, 0.3) is 0 Å². The van der Waals surface area contributed by atoms with Gasteiger partial charge in [-0.25, -0.2) is 13.8 Å². The summed E-state index contributed by atoms with van der Waals surface area (Å²) in [4.78, 5) is 6.79. The van der Waals surface area contributed by atoms with Gasteiger partial charge in [-0.1, -0.05) is 11.3 Å². The fourth-order valence-electron chi connectivity index (χ4n) is 3.48. The summed E-state index contributed by atoms with van der Waals surface area (Å²) in [6, 6.07) is 3.14. The third-order valence-corrected chi connectivity index (χ3v) is 5.60. The molecule has 2 aliphatic heterocycles. The molecule has 1 unspecified atom stereocenters. The van der Waals surface area contributed by atoms with Crippen LogP contribution in [0.4, 0.5) is 13.9 Å². The molecule has 3 heterocycles. The van der Waals surface area contributed by atoms with E-state index in [9.17, 15) is 8.78 Å². The number of nitrogens with one attached hydrogen (secondary N) is 1. The number of fused-ring (bicyclic) bond motifs is 1. The first-order valence-electron chi connectivity index (χ1n) is 8.03. The molecule has 0 bridgehead atoms. The van der Waals surface area contributed by atoms with Crippen molar-refractivity contribution in [1.29, 1.82) is 0 Å². The van der Waals surface area contributed by atoms with Gasteiger partial charge >= 0.3 is 0 Å². The number of hydrogen-bond donors (Lipinski definition) is 1. The molecular weight excluding hydrogens is 320 g/mol. The molecule has 124 valence electrons. The lowest BCUT2D eigenvalue weighted by Crippen LogP contribution is -2.39. The lowest BCUT2D eigenvalue weighted by atomic mass is 10.1. The molecule has 0 aliphatic carbocycles. The number of likely N-dealkylation sites (tertiary alicyclic amines) is 1. The van der Waals surface area contributed by atoms with Crippen LogP contribution in [-0.2, 0) is 4.74 Å². The third kappa shape index (κ3) is 3.18. The summed E-state index contributed by atoms with van der Waals surface area (Å²) in [6.07, 6.45) is 3.24. The zero-order valence-corrected chi connectivity index (χ0v) is 13.5. The topological polar surface area (TPSA) is 37.4 Å². The Balaban J connectivity index is 1.43. The van der Waals surface area contributed by atoms with Crippen molar-refractivity contribution in [2.75, 3.05) is 31.6 Å². The van der Waals surface area contributed by atoms with Crippen LogP contribution in [0.2, 0.25) is 0 Å². The highest BCUT2D eigenvalue weighted by Crippen LogP contribution is 2.30. The molecule has 0 amide bonds. The summed E-state index contributed by atoms with van der Waals surface area (Å²) < 4.78 is 33.0. The average molecular weight is 339 g/mol. The molecular formula is C16H19F2N3OS. The van der Waals surface area contributed by atoms with E-state index in [0.717, 1.165) is 51.6 Å². The zero-order chi connectivity index (χ0) is 15.8. The molecule has 7 heteroatoms. The number of ether oxygens (including phenoxy) is 1. The summed E-state index contributed by atoms with van der Waals surface area (Å²) in [5, 5.41) is 4.06. The molecule has 2 saturated heterocycles. The van der Waals surface area contributed by atoms with E-state index in [2.05, 4.69) is 15.2 Å². The van der Waals surface area contributed by atoms with Gasteiger partial charge in [0.15, 0.2) is 10.9 Å². The van der Waals surface area contributed by atoms with E-state index in [0.29, 0.717) is 21.9 Å². The predicted molar refractivity (Wildman–Crippen MR) is 87.0 cm³/mol. The Bertz CT molecular complexity index is 702. The van der Waals surface area contributed by atoms with E-state index in [1.165, 1.54) is 17.4 Å². The number of halogens is 2. The molecule has 2 aliphatic rings. The SMILES string of the molecule is Fc1cc(F)c2nc(NC3CCN(C4CCOCC4)C3)sc2c1. The van der Waals surface area contributed by atoms with Gasteiger partial charge in [0.2, 0.25) is 0 Å². The molecule has 1 aromatic carbocycles. The van der Waals surface area contributed by atoms with E-state index in [4.69, 9.17) is 4.74 Å². The second-order valence-electron chi connectivity index (χ2n) is 6.22. The molecule has 1 aromatic heterocycles. The van der Waals surface area contributed by atoms with Crippen LogP contribution in [0.5, 0.6) is 0 Å². The van der Waals surface area contributed by atoms with Gasteiger partial charge in [0.1, 0.15) is 11.3 Å². The second kappa shape index (κ2) is 6.30. The van der Waals surface area contributed by atoms with Crippen LogP contribution in [0.3, 0.4) is 0 Å². The van der Waals surface area contributed by atoms with Crippen molar-refractivity contribution in [1.82, 2.24) is 9.88 Å². The quantitative estimate of drug-likeness (QED) is 0.932. The van der Waals surface area contributed by atoms with E-state index >= 15 is 0 Å². The number of rotatable bonds is 3. The summed E-state index contributed by atoms with van der Waals surface area (Å²) in [7, 11) is 0. The third-order valence-electron chi connectivity index (χ3n) is 4.67. The highest BCUT2D eigenvalue weighted by Gasteiger charge is 2.29. The monoisotopic (exact) mass is 339 g/mol. The van der Waals surface area contributed by atoms with Gasteiger partial charge in [0, 0.05) is 44.5 Å². The maximum atomic E-state index is 13.7. The number of benzene rings is 1. The Morgan fingerprint density at radius 2 is 2.04 bits per heavy atom. The number of aromatic nitrogens is 1. The normalized spacial score (nSPS) is 23.7. The van der Waals surface area contributed by atoms with Gasteiger partial charge in [-0.05, 0) is 25.3 Å². The Morgan fingerprint density at radius 3 is 2.87 bits per heavy atom. The first-order valence-corrected chi connectivity index (χ1v) is 8.84. The van der Waals surface area contributed by atoms with Crippen molar-refractivity contribution < 1.29 is 13.5 Å². The minimum absolute atomic E-state index is 0.248. The minimum Gasteiger partial charge on any atom is -0.381 e. The highest BCUT2D eigenvalue weighted by atomic mass is 32.1. The van der Waals surface area contributed by atoms with Gasteiger partial charge in [-0.3, -0.25) is 4.90 Å². The molecule has 0 radical (unpaired) electrons. The van der Waals surface area contributed by atoms with E-state index < -0.39 is 11.6 Å². The minimum atomic E-state index is -0.598. The van der Waals surface area contributed by atoms with Crippen molar-refractivity contribution in [2.45, 2.75) is 31.3 Å². The largest absolute Gasteiger partial charge is 0.381 e. The molecule has 4 nitrogen and oxygen atoms in total. The van der Waals surface area contributed by atoms with Gasteiger partial charge in [0.05, 0.1) is 4.70 Å². The average Bonchev–Trinajstić information content (AvgIpc) is 3.15. The van der Waals surface area contributed by atoms with E-state index in [1.54, 1.807) is 0 Å². The summed E-state index contributed by atoms with van der Waals surface area (Å²) in [5.41, 5.74) is 0.248. The highest BCUT2D eigenvalue weighted by molar-refractivity contribution is 7.22. The molecule has 0 spiro atoms. The number of thiazole rings is 1. The van der Waals surface area contributed by atoms with Crippen molar-refractivity contribution in [3.05, 3.63) is 23.8 Å². The Kier molecular flexibility index (Phi) is 4.17. The van der Waals surface area contributed by atoms with Crippen LogP contribution in [0, 0.1) is 11.6 Å². The van der Waals surface area contributed by atoms with Crippen LogP contribution >= 0.6 is 11.3 Å². The lowest BCUT2D eigenvalue weighted by Gasteiger charge is -2.31. The Morgan fingerprint density at radius 1 is 1.22 bits per heavy atom. The number of nitrogens with zero attached hydrogens (tertiary/aromatic N) is 2. The first-order chi connectivity index (χ1) is 11.2. The predicted octanol–water partition coefficient (Wildman–Crippen LogP) is 3.24. The molecule has 0 saturated carbocycles. The van der Waals surface area contributed by atoms with Crippen LogP contribution < -0.4 is 5.32 Å². The number of hydrogen-bond acceptors (Lipinski definition) is 5. The first kappa shape index (κ1) is 15.2. The second-order valence-corrected chi connectivity index (χ2v) is 7.25. The maximum Gasteiger partial charge on any atom is 0.184 e. The zero-order valence-electron chi connectivity index (χ0n) is 12.7. The van der Waals surface area contributed by atoms with Crippen molar-refractivity contribution in [2.24, 2.45) is 0 Å². The van der Waals surface area contributed by atoms with Crippen molar-refractivity contribution in [3.63, 3.8) is 0 Å². The fraction of sp³-hybridized carbons (Fsp3) is 0.562. The maximum absolute atomic E-state index is 13.7. The molecule has 23 heavy (non-hydrogen) atoms. The molecule has 2 fully saturated rings. The van der Waals surface area contributed by atoms with Crippen molar-refractivity contribution >= 4 is 26.7 Å². The van der Waals surface area contributed by atoms with Crippen molar-refractivity contribution in [3.8, 4) is 0 Å². The Labute approximate surface area is 137 Å². The molecule has 2 aromatic rings. The van der Waals surface area contributed by atoms with E-state index in [1.807, 2.05) is 0 Å². The molecule has 1 atom stereocenters. The molecule has 1 N–H and O–H groups in total. The summed E-state index contributed by atoms with van der Waals surface area (Å²) >= 11 is 1.31. The fourth-order valence-corrected chi connectivity index (χ4v) is 4.46.